The molecule has 0 unspecified atom stereocenters. The second kappa shape index (κ2) is 10.9. The summed E-state index contributed by atoms with van der Waals surface area (Å²) in [5, 5.41) is 6.89. The smallest absolute Gasteiger partial charge is 0.220 e. The van der Waals surface area contributed by atoms with E-state index in [-0.39, 0.29) is 17.5 Å². The van der Waals surface area contributed by atoms with Crippen molar-refractivity contribution in [2.75, 3.05) is 13.6 Å². The summed E-state index contributed by atoms with van der Waals surface area (Å²) in [5.74, 6) is -0.278. The minimum absolute atomic E-state index is 0.000126. The molecule has 0 radical (unpaired) electrons. The van der Waals surface area contributed by atoms with Crippen molar-refractivity contribution >= 4 is 22.6 Å². The number of aromatic nitrogens is 1. The van der Waals surface area contributed by atoms with Crippen molar-refractivity contribution in [1.29, 1.82) is 0 Å². The van der Waals surface area contributed by atoms with Crippen LogP contribution in [-0.2, 0) is 17.6 Å². The first-order chi connectivity index (χ1) is 16.5. The van der Waals surface area contributed by atoms with E-state index in [4.69, 9.17) is 0 Å². The van der Waals surface area contributed by atoms with Gasteiger partial charge in [-0.25, -0.2) is 4.39 Å². The van der Waals surface area contributed by atoms with Gasteiger partial charge in [-0.3, -0.25) is 9.59 Å². The third-order valence-electron chi connectivity index (χ3n) is 6.00. The Kier molecular flexibility index (Phi) is 7.50. The summed E-state index contributed by atoms with van der Waals surface area (Å²) < 4.78 is 13.2. The number of amides is 1. The fraction of sp³-hybridized carbons (Fsp3) is 0.214. The van der Waals surface area contributed by atoms with Crippen molar-refractivity contribution < 1.29 is 14.0 Å². The number of aromatic amines is 1. The molecule has 0 aliphatic carbocycles. The Morgan fingerprint density at radius 3 is 2.41 bits per heavy atom. The number of ketones is 1. The van der Waals surface area contributed by atoms with Crippen LogP contribution in [0.1, 0.15) is 39.5 Å². The highest BCUT2D eigenvalue weighted by atomic mass is 19.1. The zero-order valence-electron chi connectivity index (χ0n) is 19.1. The summed E-state index contributed by atoms with van der Waals surface area (Å²) in [7, 11) is 1.63. The molecular weight excluding hydrogens is 429 g/mol. The normalized spacial score (nSPS) is 11.9. The van der Waals surface area contributed by atoms with Gasteiger partial charge in [-0.15, -0.1) is 0 Å². The summed E-state index contributed by atoms with van der Waals surface area (Å²) in [4.78, 5) is 28.4. The number of carbonyl (C=O) groups is 2. The number of Topliss-reactive ketones (excluding diaryl/α,β-unsaturated/α-hetero) is 1. The van der Waals surface area contributed by atoms with Crippen molar-refractivity contribution in [2.45, 2.75) is 25.3 Å². The number of benzene rings is 3. The van der Waals surface area contributed by atoms with E-state index < -0.39 is 6.04 Å². The lowest BCUT2D eigenvalue weighted by Crippen LogP contribution is -2.30. The van der Waals surface area contributed by atoms with Crippen LogP contribution in [0.4, 0.5) is 4.39 Å². The van der Waals surface area contributed by atoms with Gasteiger partial charge < -0.3 is 15.6 Å². The van der Waals surface area contributed by atoms with Crippen molar-refractivity contribution in [3.63, 3.8) is 0 Å². The number of hydrogen-bond donors (Lipinski definition) is 3. The number of nitrogens with one attached hydrogen (secondary N) is 3. The first kappa shape index (κ1) is 23.4. The predicted octanol–water partition coefficient (Wildman–Crippen LogP) is 4.74. The van der Waals surface area contributed by atoms with Crippen molar-refractivity contribution in [2.24, 2.45) is 0 Å². The molecule has 0 saturated heterocycles. The van der Waals surface area contributed by atoms with Gasteiger partial charge in [0.05, 0.1) is 6.04 Å². The molecule has 1 aromatic heterocycles. The molecule has 1 heterocycles. The average Bonchev–Trinajstić information content (AvgIpc) is 3.29. The fourth-order valence-corrected chi connectivity index (χ4v) is 4.09. The van der Waals surface area contributed by atoms with E-state index >= 15 is 0 Å². The van der Waals surface area contributed by atoms with Gasteiger partial charge in [0.2, 0.25) is 5.91 Å². The molecule has 4 rings (SSSR count). The second-order valence-electron chi connectivity index (χ2n) is 8.29. The van der Waals surface area contributed by atoms with E-state index in [2.05, 4.69) is 15.6 Å². The van der Waals surface area contributed by atoms with Crippen LogP contribution in [0.25, 0.3) is 10.9 Å². The molecule has 1 atom stereocenters. The summed E-state index contributed by atoms with van der Waals surface area (Å²) >= 11 is 0. The molecule has 4 aromatic rings. The standard InChI is InChI=1S/C28H28FN3O2/c1-30-26(33)14-10-20-9-13-23-24(18-32-25(23)17-20)28(34)27(21-5-3-2-4-6-21)31-16-15-19-7-11-22(29)12-8-19/h2-9,11-13,17-18,27,31-32H,10,14-16H2,1H3,(H,30,33)/t27-/m1/s1. The van der Waals surface area contributed by atoms with E-state index in [0.29, 0.717) is 31.4 Å². The molecule has 1 amide bonds. The summed E-state index contributed by atoms with van der Waals surface area (Å²) in [6.07, 6.45) is 3.49. The molecule has 0 aliphatic heterocycles. The van der Waals surface area contributed by atoms with Crippen LogP contribution in [0.15, 0.2) is 79.0 Å². The Morgan fingerprint density at radius 2 is 1.68 bits per heavy atom. The molecule has 174 valence electrons. The third-order valence-corrected chi connectivity index (χ3v) is 6.00. The molecule has 34 heavy (non-hydrogen) atoms. The second-order valence-corrected chi connectivity index (χ2v) is 8.29. The average molecular weight is 458 g/mol. The Morgan fingerprint density at radius 1 is 0.941 bits per heavy atom. The molecule has 3 aromatic carbocycles. The van der Waals surface area contributed by atoms with Gasteiger partial charge in [0, 0.05) is 42.7 Å². The minimum atomic E-state index is -0.506. The first-order valence-electron chi connectivity index (χ1n) is 11.4. The van der Waals surface area contributed by atoms with Crippen LogP contribution in [-0.4, -0.2) is 30.3 Å². The number of halogens is 1. The minimum Gasteiger partial charge on any atom is -0.360 e. The van der Waals surface area contributed by atoms with Gasteiger partial charge in [-0.05, 0) is 47.7 Å². The molecule has 0 fully saturated rings. The number of H-pyrrole nitrogens is 1. The maximum atomic E-state index is 13.7. The number of aryl methyl sites for hydroxylation is 1. The number of rotatable bonds is 10. The lowest BCUT2D eigenvalue weighted by Gasteiger charge is -2.18. The molecule has 0 spiro atoms. The highest BCUT2D eigenvalue weighted by Gasteiger charge is 2.24. The highest BCUT2D eigenvalue weighted by molar-refractivity contribution is 6.10. The lowest BCUT2D eigenvalue weighted by atomic mass is 9.96. The number of fused-ring (bicyclic) bond motifs is 1. The SMILES string of the molecule is CNC(=O)CCc1ccc2c(C(=O)[C@H](NCCc3ccc(F)cc3)c3ccccc3)c[nH]c2c1. The maximum absolute atomic E-state index is 13.7. The Hall–Kier alpha value is -3.77. The Labute approximate surface area is 198 Å². The van der Waals surface area contributed by atoms with Crippen molar-refractivity contribution in [1.82, 2.24) is 15.6 Å². The van der Waals surface area contributed by atoms with Gasteiger partial charge in [-0.1, -0.05) is 54.6 Å². The lowest BCUT2D eigenvalue weighted by molar-refractivity contribution is -0.120. The molecule has 3 N–H and O–H groups in total. The van der Waals surface area contributed by atoms with Gasteiger partial charge in [0.1, 0.15) is 5.82 Å². The van der Waals surface area contributed by atoms with Crippen molar-refractivity contribution in [3.05, 3.63) is 107 Å². The summed E-state index contributed by atoms with van der Waals surface area (Å²) in [6.45, 7) is 0.572. The first-order valence-corrected chi connectivity index (χ1v) is 11.4. The maximum Gasteiger partial charge on any atom is 0.220 e. The molecule has 0 bridgehead atoms. The van der Waals surface area contributed by atoms with Crippen LogP contribution >= 0.6 is 0 Å². The van der Waals surface area contributed by atoms with E-state index in [9.17, 15) is 14.0 Å². The number of carbonyl (C=O) groups excluding carboxylic acids is 2. The monoisotopic (exact) mass is 457 g/mol. The predicted molar refractivity (Wildman–Crippen MR) is 132 cm³/mol. The zero-order valence-corrected chi connectivity index (χ0v) is 19.1. The van der Waals surface area contributed by atoms with E-state index in [1.165, 1.54) is 12.1 Å². The van der Waals surface area contributed by atoms with E-state index in [0.717, 1.165) is 27.6 Å². The Balaban J connectivity index is 1.53. The largest absolute Gasteiger partial charge is 0.360 e. The van der Waals surface area contributed by atoms with Gasteiger partial charge in [0.25, 0.3) is 0 Å². The topological polar surface area (TPSA) is 74.0 Å². The van der Waals surface area contributed by atoms with Crippen LogP contribution in [0.5, 0.6) is 0 Å². The molecular formula is C28H28FN3O2. The zero-order chi connectivity index (χ0) is 23.9. The molecule has 0 aliphatic rings. The van der Waals surface area contributed by atoms with Crippen LogP contribution in [0, 0.1) is 5.82 Å². The summed E-state index contributed by atoms with van der Waals surface area (Å²) in [6, 6.07) is 21.5. The third kappa shape index (κ3) is 5.58. The van der Waals surface area contributed by atoms with Gasteiger partial charge in [0.15, 0.2) is 5.78 Å². The van der Waals surface area contributed by atoms with E-state index in [1.54, 1.807) is 25.4 Å². The van der Waals surface area contributed by atoms with Gasteiger partial charge in [-0.2, -0.15) is 0 Å². The Bertz CT molecular complexity index is 1270. The van der Waals surface area contributed by atoms with E-state index in [1.807, 2.05) is 48.5 Å². The van der Waals surface area contributed by atoms with Crippen LogP contribution < -0.4 is 10.6 Å². The molecule has 5 nitrogen and oxygen atoms in total. The van der Waals surface area contributed by atoms with Crippen LogP contribution in [0.3, 0.4) is 0 Å². The molecule has 6 heteroatoms. The highest BCUT2D eigenvalue weighted by Crippen LogP contribution is 2.26. The fourth-order valence-electron chi connectivity index (χ4n) is 4.09. The number of hydrogen-bond acceptors (Lipinski definition) is 3. The van der Waals surface area contributed by atoms with Gasteiger partial charge >= 0.3 is 0 Å². The summed E-state index contributed by atoms with van der Waals surface area (Å²) in [5.41, 5.74) is 4.42. The van der Waals surface area contributed by atoms with Crippen LogP contribution in [0.2, 0.25) is 0 Å². The molecule has 0 saturated carbocycles. The van der Waals surface area contributed by atoms with Crippen molar-refractivity contribution in [3.8, 4) is 0 Å². The quantitative estimate of drug-likeness (QED) is 0.301.